The van der Waals surface area contributed by atoms with Crippen LogP contribution in [0.25, 0.3) is 11.1 Å². The normalized spacial score (nSPS) is 13.8. The zero-order valence-corrected chi connectivity index (χ0v) is 19.7. The number of hydrogen-bond acceptors (Lipinski definition) is 6. The van der Waals surface area contributed by atoms with Gasteiger partial charge in [0.2, 0.25) is 11.8 Å². The minimum atomic E-state index is -4.07. The summed E-state index contributed by atoms with van der Waals surface area (Å²) in [5.74, 6) is -0.285. The number of carbonyl (C=O) groups is 2. The molecular weight excluding hydrogens is 468 g/mol. The number of amides is 1. The molecule has 1 aliphatic heterocycles. The number of nitrogens with one attached hydrogen (secondary N) is 2. The summed E-state index contributed by atoms with van der Waals surface area (Å²) in [4.78, 5) is 24.4. The SMILES string of the molecule is COc1ccc(-c2c(C)nn3c2NC(=O)CCC3=O)cc1S(=O)(=O)Nc1ccc(Cl)cc1C. The molecule has 2 heterocycles. The molecule has 1 amide bonds. The Kier molecular flexibility index (Phi) is 5.89. The molecule has 0 spiro atoms. The van der Waals surface area contributed by atoms with Gasteiger partial charge in [-0.15, -0.1) is 0 Å². The van der Waals surface area contributed by atoms with E-state index >= 15 is 0 Å². The number of hydrogen-bond donors (Lipinski definition) is 2. The fraction of sp³-hybridized carbons (Fsp3) is 0.227. The van der Waals surface area contributed by atoms with E-state index in [1.54, 1.807) is 38.1 Å². The van der Waals surface area contributed by atoms with E-state index in [-0.39, 0.29) is 41.1 Å². The minimum Gasteiger partial charge on any atom is -0.495 e. The van der Waals surface area contributed by atoms with Gasteiger partial charge in [-0.25, -0.2) is 8.42 Å². The summed E-state index contributed by atoms with van der Waals surface area (Å²) in [6.07, 6.45) is 0.0826. The summed E-state index contributed by atoms with van der Waals surface area (Å²) in [6.45, 7) is 3.42. The number of anilines is 2. The Labute approximate surface area is 195 Å². The summed E-state index contributed by atoms with van der Waals surface area (Å²) in [5.41, 5.74) is 2.41. The summed E-state index contributed by atoms with van der Waals surface area (Å²) >= 11 is 5.98. The van der Waals surface area contributed by atoms with Gasteiger partial charge in [0.1, 0.15) is 16.5 Å². The van der Waals surface area contributed by atoms with Gasteiger partial charge < -0.3 is 10.1 Å². The van der Waals surface area contributed by atoms with Crippen LogP contribution in [0.15, 0.2) is 41.3 Å². The first-order valence-corrected chi connectivity index (χ1v) is 11.9. The second-order valence-electron chi connectivity index (χ2n) is 7.59. The molecule has 33 heavy (non-hydrogen) atoms. The molecule has 172 valence electrons. The molecule has 3 aromatic rings. The van der Waals surface area contributed by atoms with Crippen LogP contribution in [0.4, 0.5) is 11.5 Å². The predicted octanol–water partition coefficient (Wildman–Crippen LogP) is 4.00. The van der Waals surface area contributed by atoms with Crippen LogP contribution in [0, 0.1) is 13.8 Å². The van der Waals surface area contributed by atoms with Crippen molar-refractivity contribution in [3.63, 3.8) is 0 Å². The number of benzene rings is 2. The highest BCUT2D eigenvalue weighted by Crippen LogP contribution is 2.37. The fourth-order valence-corrected chi connectivity index (χ4v) is 5.23. The second kappa shape index (κ2) is 8.53. The molecule has 0 radical (unpaired) electrons. The Hall–Kier alpha value is -3.37. The zero-order valence-electron chi connectivity index (χ0n) is 18.1. The standard InChI is InChI=1S/C22H21ClN4O5S/c1-12-10-15(23)5-6-16(12)26-33(30,31)18-11-14(4-7-17(18)32-3)21-13(2)25-27-20(29)9-8-19(28)24-22(21)27/h4-7,10-11,26H,8-9H2,1-3H3,(H,24,28). The van der Waals surface area contributed by atoms with Crippen LogP contribution in [0.5, 0.6) is 5.75 Å². The smallest absolute Gasteiger partial charge is 0.265 e. The van der Waals surface area contributed by atoms with Crippen LogP contribution in [0.1, 0.15) is 28.9 Å². The average Bonchev–Trinajstić information content (AvgIpc) is 3.02. The molecule has 0 saturated heterocycles. The Morgan fingerprint density at radius 1 is 1.12 bits per heavy atom. The monoisotopic (exact) mass is 488 g/mol. The molecular formula is C22H21ClN4O5S. The number of ether oxygens (including phenoxy) is 1. The summed E-state index contributed by atoms with van der Waals surface area (Å²) < 4.78 is 35.6. The molecule has 0 bridgehead atoms. The third kappa shape index (κ3) is 4.31. The summed E-state index contributed by atoms with van der Waals surface area (Å²) in [5, 5.41) is 7.47. The van der Waals surface area contributed by atoms with E-state index in [1.165, 1.54) is 19.2 Å². The summed E-state index contributed by atoms with van der Waals surface area (Å²) in [6, 6.07) is 9.41. The second-order valence-corrected chi connectivity index (χ2v) is 9.68. The van der Waals surface area contributed by atoms with Crippen LogP contribution in [-0.2, 0) is 14.8 Å². The van der Waals surface area contributed by atoms with Crippen molar-refractivity contribution in [1.29, 1.82) is 0 Å². The van der Waals surface area contributed by atoms with Crippen molar-refractivity contribution in [3.05, 3.63) is 52.7 Å². The maximum Gasteiger partial charge on any atom is 0.265 e. The van der Waals surface area contributed by atoms with Gasteiger partial charge in [-0.2, -0.15) is 9.78 Å². The maximum atomic E-state index is 13.3. The van der Waals surface area contributed by atoms with Crippen molar-refractivity contribution in [1.82, 2.24) is 9.78 Å². The molecule has 4 rings (SSSR count). The van der Waals surface area contributed by atoms with Crippen molar-refractivity contribution in [2.24, 2.45) is 0 Å². The van der Waals surface area contributed by atoms with Gasteiger partial charge in [-0.05, 0) is 55.3 Å². The number of rotatable bonds is 5. The van der Waals surface area contributed by atoms with Gasteiger partial charge in [0, 0.05) is 23.4 Å². The third-order valence-corrected chi connectivity index (χ3v) is 6.92. The first-order valence-electron chi connectivity index (χ1n) is 10.0. The first-order chi connectivity index (χ1) is 15.6. The lowest BCUT2D eigenvalue weighted by Crippen LogP contribution is -2.15. The highest BCUT2D eigenvalue weighted by molar-refractivity contribution is 7.92. The number of carbonyl (C=O) groups excluding carboxylic acids is 2. The van der Waals surface area contributed by atoms with Gasteiger partial charge in [-0.1, -0.05) is 17.7 Å². The zero-order chi connectivity index (χ0) is 23.9. The van der Waals surface area contributed by atoms with Gasteiger partial charge in [0.15, 0.2) is 0 Å². The fourth-order valence-electron chi connectivity index (χ4n) is 3.67. The molecule has 2 N–H and O–H groups in total. The van der Waals surface area contributed by atoms with Crippen LogP contribution >= 0.6 is 11.6 Å². The van der Waals surface area contributed by atoms with Crippen LogP contribution < -0.4 is 14.8 Å². The number of sulfonamides is 1. The van der Waals surface area contributed by atoms with E-state index in [0.717, 1.165) is 4.68 Å². The minimum absolute atomic E-state index is 0.0337. The number of fused-ring (bicyclic) bond motifs is 1. The van der Waals surface area contributed by atoms with E-state index in [0.29, 0.717) is 33.1 Å². The number of nitrogens with zero attached hydrogens (tertiary/aromatic N) is 2. The van der Waals surface area contributed by atoms with E-state index in [1.807, 2.05) is 0 Å². The quantitative estimate of drug-likeness (QED) is 0.560. The molecule has 2 aromatic carbocycles. The Balaban J connectivity index is 1.83. The molecule has 9 nitrogen and oxygen atoms in total. The Bertz CT molecular complexity index is 1400. The highest BCUT2D eigenvalue weighted by atomic mass is 35.5. The topological polar surface area (TPSA) is 119 Å². The van der Waals surface area contributed by atoms with E-state index in [2.05, 4.69) is 15.1 Å². The van der Waals surface area contributed by atoms with E-state index < -0.39 is 10.0 Å². The van der Waals surface area contributed by atoms with Crippen molar-refractivity contribution in [2.75, 3.05) is 17.1 Å². The van der Waals surface area contributed by atoms with Gasteiger partial charge in [0.25, 0.3) is 10.0 Å². The van der Waals surface area contributed by atoms with Gasteiger partial charge >= 0.3 is 0 Å². The molecule has 1 aromatic heterocycles. The highest BCUT2D eigenvalue weighted by Gasteiger charge is 2.28. The number of aromatic nitrogens is 2. The van der Waals surface area contributed by atoms with Gasteiger partial charge in [0.05, 0.1) is 18.5 Å². The predicted molar refractivity (Wildman–Crippen MR) is 124 cm³/mol. The number of methoxy groups -OCH3 is 1. The lowest BCUT2D eigenvalue weighted by atomic mass is 10.1. The molecule has 1 aliphatic rings. The average molecular weight is 489 g/mol. The molecule has 11 heteroatoms. The largest absolute Gasteiger partial charge is 0.495 e. The van der Waals surface area contributed by atoms with E-state index in [4.69, 9.17) is 16.3 Å². The van der Waals surface area contributed by atoms with Crippen LogP contribution in [0.3, 0.4) is 0 Å². The molecule has 0 unspecified atom stereocenters. The van der Waals surface area contributed by atoms with Crippen LogP contribution in [-0.4, -0.2) is 37.1 Å². The van der Waals surface area contributed by atoms with Crippen LogP contribution in [0.2, 0.25) is 5.02 Å². The van der Waals surface area contributed by atoms with Crippen molar-refractivity contribution >= 4 is 44.9 Å². The van der Waals surface area contributed by atoms with Crippen molar-refractivity contribution < 1.29 is 22.7 Å². The van der Waals surface area contributed by atoms with Crippen molar-refractivity contribution in [3.8, 4) is 16.9 Å². The number of aryl methyl sites for hydroxylation is 2. The van der Waals surface area contributed by atoms with Crippen molar-refractivity contribution in [2.45, 2.75) is 31.6 Å². The molecule has 0 fully saturated rings. The number of halogens is 1. The van der Waals surface area contributed by atoms with Gasteiger partial charge in [-0.3, -0.25) is 14.3 Å². The first kappa shape index (κ1) is 22.8. The molecule has 0 aliphatic carbocycles. The third-order valence-electron chi connectivity index (χ3n) is 5.29. The molecule has 0 saturated carbocycles. The van der Waals surface area contributed by atoms with E-state index in [9.17, 15) is 18.0 Å². The Morgan fingerprint density at radius 3 is 2.58 bits per heavy atom. The summed E-state index contributed by atoms with van der Waals surface area (Å²) in [7, 11) is -2.69. The molecule has 0 atom stereocenters. The Morgan fingerprint density at radius 2 is 1.88 bits per heavy atom. The maximum absolute atomic E-state index is 13.3. The lowest BCUT2D eigenvalue weighted by Gasteiger charge is -2.15. The lowest BCUT2D eigenvalue weighted by molar-refractivity contribution is -0.116.